The zero-order valence-corrected chi connectivity index (χ0v) is 17.1. The van der Waals surface area contributed by atoms with Crippen LogP contribution < -0.4 is 5.32 Å². The minimum absolute atomic E-state index is 0. The highest BCUT2D eigenvalue weighted by molar-refractivity contribution is 5.85. The minimum Gasteiger partial charge on any atom is -0.466 e. The lowest BCUT2D eigenvalue weighted by Crippen LogP contribution is -2.14. The van der Waals surface area contributed by atoms with Gasteiger partial charge < -0.3 is 10.1 Å². The second kappa shape index (κ2) is 11.9. The number of carbonyl (C=O) groups excluding carboxylic acids is 1. The topological polar surface area (TPSA) is 51.2 Å². The molecule has 1 aromatic carbocycles. The Hall–Kier alpha value is -1.83. The lowest BCUT2D eigenvalue weighted by Gasteiger charge is -2.14. The van der Waals surface area contributed by atoms with Crippen molar-refractivity contribution >= 4 is 30.8 Å². The van der Waals surface area contributed by atoms with E-state index in [9.17, 15) is 18.0 Å². The van der Waals surface area contributed by atoms with E-state index in [1.165, 1.54) is 6.07 Å². The van der Waals surface area contributed by atoms with Crippen LogP contribution in [0.5, 0.6) is 0 Å². The quantitative estimate of drug-likeness (QED) is 0.629. The molecule has 0 aliphatic carbocycles. The molecule has 9 heteroatoms. The number of hydrogen-bond acceptors (Lipinski definition) is 4. The van der Waals surface area contributed by atoms with Crippen LogP contribution in [0, 0.1) is 0 Å². The Labute approximate surface area is 174 Å². The number of ether oxygens (including phenoxy) is 1. The first-order valence-corrected chi connectivity index (χ1v) is 8.37. The smallest absolute Gasteiger partial charge is 0.416 e. The molecule has 1 aromatic heterocycles. The van der Waals surface area contributed by atoms with Gasteiger partial charge in [-0.3, -0.25) is 9.78 Å². The van der Waals surface area contributed by atoms with Gasteiger partial charge in [-0.05, 0) is 48.9 Å². The standard InChI is InChI=1S/C19H21F3N2O2.2ClH/c1-3-23-12-14-11-15(19(20,21)22)5-6-16(14)17-9-13(7-8-24-17)10-18(25)26-4-2;;/h5-9,11,23H,3-4,10,12H2,1-2H3;2*1H. The van der Waals surface area contributed by atoms with Crippen LogP contribution in [0.4, 0.5) is 13.2 Å². The van der Waals surface area contributed by atoms with Gasteiger partial charge in [0.25, 0.3) is 0 Å². The van der Waals surface area contributed by atoms with Crippen molar-refractivity contribution in [3.05, 3.63) is 53.2 Å². The van der Waals surface area contributed by atoms with E-state index in [4.69, 9.17) is 4.74 Å². The van der Waals surface area contributed by atoms with Crippen LogP contribution in [0.15, 0.2) is 36.5 Å². The van der Waals surface area contributed by atoms with E-state index in [2.05, 4.69) is 10.3 Å². The maximum Gasteiger partial charge on any atom is 0.416 e. The molecule has 0 aliphatic heterocycles. The van der Waals surface area contributed by atoms with Gasteiger partial charge in [0.05, 0.1) is 24.3 Å². The molecule has 2 aromatic rings. The third-order valence-electron chi connectivity index (χ3n) is 3.75. The summed E-state index contributed by atoms with van der Waals surface area (Å²) in [6.45, 7) is 4.82. The molecule has 0 unspecified atom stereocenters. The fraction of sp³-hybridized carbons (Fsp3) is 0.368. The lowest BCUT2D eigenvalue weighted by atomic mass is 9.99. The SMILES string of the molecule is CCNCc1cc(C(F)(F)F)ccc1-c1cc(CC(=O)OCC)ccn1.Cl.Cl. The number of carbonyl (C=O) groups is 1. The second-order valence-corrected chi connectivity index (χ2v) is 5.68. The summed E-state index contributed by atoms with van der Waals surface area (Å²) >= 11 is 0. The molecule has 28 heavy (non-hydrogen) atoms. The van der Waals surface area contributed by atoms with Crippen LogP contribution in [0.25, 0.3) is 11.3 Å². The average Bonchev–Trinajstić information content (AvgIpc) is 2.59. The summed E-state index contributed by atoms with van der Waals surface area (Å²) in [6.07, 6.45) is -2.77. The van der Waals surface area contributed by atoms with Gasteiger partial charge in [0.1, 0.15) is 0 Å². The molecule has 0 fully saturated rings. The number of nitrogens with zero attached hydrogens (tertiary/aromatic N) is 1. The Bertz CT molecular complexity index is 771. The van der Waals surface area contributed by atoms with E-state index in [-0.39, 0.29) is 37.2 Å². The Kier molecular flexibility index (Phi) is 11.1. The normalized spacial score (nSPS) is 10.6. The number of rotatable bonds is 7. The van der Waals surface area contributed by atoms with Gasteiger partial charge in [-0.1, -0.05) is 13.0 Å². The molecule has 156 valence electrons. The van der Waals surface area contributed by atoms with Gasteiger partial charge in [0, 0.05) is 18.3 Å². The predicted octanol–water partition coefficient (Wildman–Crippen LogP) is 4.83. The summed E-state index contributed by atoms with van der Waals surface area (Å²) in [7, 11) is 0. The molecular weight excluding hydrogens is 416 g/mol. The first-order valence-electron chi connectivity index (χ1n) is 8.37. The summed E-state index contributed by atoms with van der Waals surface area (Å²) in [4.78, 5) is 15.9. The van der Waals surface area contributed by atoms with E-state index >= 15 is 0 Å². The number of aromatic nitrogens is 1. The van der Waals surface area contributed by atoms with Crippen LogP contribution in [0.3, 0.4) is 0 Å². The first-order chi connectivity index (χ1) is 12.3. The number of benzene rings is 1. The van der Waals surface area contributed by atoms with Crippen molar-refractivity contribution < 1.29 is 22.7 Å². The summed E-state index contributed by atoms with van der Waals surface area (Å²) in [5, 5.41) is 3.05. The summed E-state index contributed by atoms with van der Waals surface area (Å²) in [6, 6.07) is 7.00. The van der Waals surface area contributed by atoms with E-state index < -0.39 is 11.7 Å². The van der Waals surface area contributed by atoms with Gasteiger partial charge in [-0.15, -0.1) is 24.8 Å². The van der Waals surface area contributed by atoms with Crippen molar-refractivity contribution in [1.29, 1.82) is 0 Å². The molecule has 1 N–H and O–H groups in total. The molecule has 1 heterocycles. The van der Waals surface area contributed by atoms with Crippen molar-refractivity contribution in [2.75, 3.05) is 13.2 Å². The maximum absolute atomic E-state index is 13.0. The van der Waals surface area contributed by atoms with E-state index in [1.807, 2.05) is 6.92 Å². The Morgan fingerprint density at radius 1 is 1.14 bits per heavy atom. The van der Waals surface area contributed by atoms with Crippen LogP contribution in [0.2, 0.25) is 0 Å². The fourth-order valence-electron chi connectivity index (χ4n) is 2.54. The van der Waals surface area contributed by atoms with Gasteiger partial charge >= 0.3 is 12.1 Å². The third-order valence-corrected chi connectivity index (χ3v) is 3.75. The summed E-state index contributed by atoms with van der Waals surface area (Å²) < 4.78 is 44.0. The third kappa shape index (κ3) is 7.30. The molecule has 0 saturated carbocycles. The summed E-state index contributed by atoms with van der Waals surface area (Å²) in [5.41, 5.74) is 1.63. The van der Waals surface area contributed by atoms with Gasteiger partial charge in [-0.25, -0.2) is 0 Å². The van der Waals surface area contributed by atoms with E-state index in [0.29, 0.717) is 42.1 Å². The zero-order chi connectivity index (χ0) is 19.2. The molecule has 4 nitrogen and oxygen atoms in total. The van der Waals surface area contributed by atoms with Crippen LogP contribution >= 0.6 is 24.8 Å². The monoisotopic (exact) mass is 438 g/mol. The van der Waals surface area contributed by atoms with Crippen molar-refractivity contribution in [2.24, 2.45) is 0 Å². The number of pyridine rings is 1. The van der Waals surface area contributed by atoms with Crippen LogP contribution in [0.1, 0.15) is 30.5 Å². The van der Waals surface area contributed by atoms with Gasteiger partial charge in [-0.2, -0.15) is 13.2 Å². The minimum atomic E-state index is -4.40. The molecule has 0 radical (unpaired) electrons. The largest absolute Gasteiger partial charge is 0.466 e. The molecular formula is C19H23Cl2F3N2O2. The molecule has 2 rings (SSSR count). The molecule has 0 saturated heterocycles. The Balaban J connectivity index is 0.00000364. The highest BCUT2D eigenvalue weighted by atomic mass is 35.5. The maximum atomic E-state index is 13.0. The van der Waals surface area contributed by atoms with Crippen molar-refractivity contribution in [3.8, 4) is 11.3 Å². The number of halogens is 5. The zero-order valence-electron chi connectivity index (χ0n) is 15.5. The molecule has 0 aliphatic rings. The number of alkyl halides is 3. The average molecular weight is 439 g/mol. The van der Waals surface area contributed by atoms with Crippen molar-refractivity contribution in [1.82, 2.24) is 10.3 Å². The molecule has 0 spiro atoms. The number of esters is 1. The second-order valence-electron chi connectivity index (χ2n) is 5.68. The Morgan fingerprint density at radius 3 is 2.46 bits per heavy atom. The number of nitrogens with one attached hydrogen (secondary N) is 1. The Morgan fingerprint density at radius 2 is 1.86 bits per heavy atom. The highest BCUT2D eigenvalue weighted by Gasteiger charge is 2.31. The highest BCUT2D eigenvalue weighted by Crippen LogP contribution is 2.33. The van der Waals surface area contributed by atoms with Crippen molar-refractivity contribution in [2.45, 2.75) is 33.0 Å². The van der Waals surface area contributed by atoms with Crippen LogP contribution in [-0.4, -0.2) is 24.1 Å². The van der Waals surface area contributed by atoms with Crippen LogP contribution in [-0.2, 0) is 28.7 Å². The van der Waals surface area contributed by atoms with E-state index in [1.54, 1.807) is 25.3 Å². The molecule has 0 atom stereocenters. The van der Waals surface area contributed by atoms with Gasteiger partial charge in [0.2, 0.25) is 0 Å². The lowest BCUT2D eigenvalue weighted by molar-refractivity contribution is -0.142. The molecule has 0 bridgehead atoms. The summed E-state index contributed by atoms with van der Waals surface area (Å²) in [5.74, 6) is -0.357. The number of hydrogen-bond donors (Lipinski definition) is 1. The predicted molar refractivity (Wildman–Crippen MR) is 107 cm³/mol. The first kappa shape index (κ1) is 26.2. The van der Waals surface area contributed by atoms with Gasteiger partial charge in [0.15, 0.2) is 0 Å². The van der Waals surface area contributed by atoms with Crippen molar-refractivity contribution in [3.63, 3.8) is 0 Å². The van der Waals surface area contributed by atoms with E-state index in [0.717, 1.165) is 12.1 Å². The molecule has 0 amide bonds. The fourth-order valence-corrected chi connectivity index (χ4v) is 2.54.